The van der Waals surface area contributed by atoms with Gasteiger partial charge in [0.1, 0.15) is 0 Å². The van der Waals surface area contributed by atoms with Crippen molar-refractivity contribution in [1.29, 1.82) is 0 Å². The second-order valence-corrected chi connectivity index (χ2v) is 14.6. The van der Waals surface area contributed by atoms with Crippen LogP contribution in [0.5, 0.6) is 0 Å². The molecule has 0 saturated heterocycles. The van der Waals surface area contributed by atoms with E-state index < -0.39 is 11.4 Å². The minimum Gasteiger partial charge on any atom is -0.481 e. The molecule has 0 bridgehead atoms. The molecule has 0 aliphatic heterocycles. The zero-order chi connectivity index (χ0) is 24.2. The maximum atomic E-state index is 13.5. The van der Waals surface area contributed by atoms with Crippen LogP contribution in [0, 0.1) is 56.7 Å². The molecule has 5 aliphatic carbocycles. The van der Waals surface area contributed by atoms with Crippen molar-refractivity contribution in [3.05, 3.63) is 12.2 Å². The first-order chi connectivity index (χ1) is 15.3. The highest BCUT2D eigenvalue weighted by molar-refractivity contribution is 5.77. The Balaban J connectivity index is 1.62. The van der Waals surface area contributed by atoms with Gasteiger partial charge in [-0.3, -0.25) is 4.79 Å². The van der Waals surface area contributed by atoms with Gasteiger partial charge in [-0.05, 0) is 122 Å². The zero-order valence-electron chi connectivity index (χ0n) is 22.0. The second-order valence-electron chi connectivity index (χ2n) is 14.6. The predicted molar refractivity (Wildman–Crippen MR) is 133 cm³/mol. The van der Waals surface area contributed by atoms with E-state index in [-0.39, 0.29) is 33.7 Å². The topological polar surface area (TPSA) is 57.5 Å². The van der Waals surface area contributed by atoms with Gasteiger partial charge in [-0.15, -0.1) is 0 Å². The zero-order valence-corrected chi connectivity index (χ0v) is 22.0. The summed E-state index contributed by atoms with van der Waals surface area (Å²) in [7, 11) is 0. The van der Waals surface area contributed by atoms with Crippen molar-refractivity contribution >= 4 is 5.97 Å². The number of hydrogen-bond acceptors (Lipinski definition) is 2. The number of rotatable bonds is 2. The van der Waals surface area contributed by atoms with Gasteiger partial charge >= 0.3 is 5.97 Å². The fourth-order valence-corrected chi connectivity index (χ4v) is 11.6. The molecule has 0 radical (unpaired) electrons. The van der Waals surface area contributed by atoms with Crippen molar-refractivity contribution in [1.82, 2.24) is 0 Å². The molecule has 0 aromatic heterocycles. The Labute approximate surface area is 201 Å². The minimum absolute atomic E-state index is 0.0940. The van der Waals surface area contributed by atoms with Gasteiger partial charge in [0, 0.05) is 0 Å². The molecule has 5 aliphatic rings. The molecule has 5 rings (SSSR count). The number of aliphatic hydroxyl groups is 1. The van der Waals surface area contributed by atoms with Gasteiger partial charge in [0.15, 0.2) is 0 Å². The Morgan fingerprint density at radius 2 is 1.55 bits per heavy atom. The van der Waals surface area contributed by atoms with Crippen molar-refractivity contribution in [3.8, 4) is 0 Å². The summed E-state index contributed by atoms with van der Waals surface area (Å²) < 4.78 is 0. The lowest BCUT2D eigenvalue weighted by Gasteiger charge is -2.72. The van der Waals surface area contributed by atoms with Gasteiger partial charge in [-0.1, -0.05) is 46.8 Å². The van der Waals surface area contributed by atoms with Crippen LogP contribution in [0.25, 0.3) is 0 Å². The maximum absolute atomic E-state index is 13.5. The van der Waals surface area contributed by atoms with Crippen LogP contribution < -0.4 is 0 Å². The van der Waals surface area contributed by atoms with Crippen molar-refractivity contribution in [3.63, 3.8) is 0 Å². The number of aliphatic carboxylic acids is 1. The number of allylic oxidation sites excluding steroid dienone is 1. The van der Waals surface area contributed by atoms with Crippen molar-refractivity contribution in [2.45, 2.75) is 112 Å². The molecule has 0 unspecified atom stereocenters. The maximum Gasteiger partial charge on any atom is 0.310 e. The van der Waals surface area contributed by atoms with Crippen molar-refractivity contribution in [2.75, 3.05) is 0 Å². The van der Waals surface area contributed by atoms with Gasteiger partial charge in [-0.2, -0.15) is 0 Å². The molecule has 0 heterocycles. The second kappa shape index (κ2) is 7.11. The Morgan fingerprint density at radius 1 is 0.848 bits per heavy atom. The van der Waals surface area contributed by atoms with E-state index in [1.54, 1.807) is 0 Å². The Kier molecular flexibility index (Phi) is 5.15. The summed E-state index contributed by atoms with van der Waals surface area (Å²) in [4.78, 5) is 13.5. The van der Waals surface area contributed by atoms with Crippen molar-refractivity contribution < 1.29 is 15.0 Å². The number of fused-ring (bicyclic) bond motifs is 7. The minimum atomic E-state index is -0.619. The molecule has 0 spiro atoms. The summed E-state index contributed by atoms with van der Waals surface area (Å²) in [6.07, 6.45) is 10.2. The summed E-state index contributed by atoms with van der Waals surface area (Å²) in [6, 6.07) is 0. The highest BCUT2D eigenvalue weighted by atomic mass is 16.4. The van der Waals surface area contributed by atoms with Crippen molar-refractivity contribution in [2.24, 2.45) is 56.7 Å². The lowest BCUT2D eigenvalue weighted by Crippen LogP contribution is -2.69. The van der Waals surface area contributed by atoms with E-state index >= 15 is 0 Å². The first-order valence-corrected chi connectivity index (χ1v) is 13.8. The Morgan fingerprint density at radius 3 is 2.18 bits per heavy atom. The van der Waals surface area contributed by atoms with Crippen LogP contribution in [0.3, 0.4) is 0 Å². The molecular formula is C30H48O3. The molecule has 0 aromatic carbocycles. The molecule has 10 atom stereocenters. The third-order valence-electron chi connectivity index (χ3n) is 13.2. The molecule has 0 amide bonds. The summed E-state index contributed by atoms with van der Waals surface area (Å²) in [6.45, 7) is 18.4. The van der Waals surface area contributed by atoms with Gasteiger partial charge < -0.3 is 10.2 Å². The average molecular weight is 457 g/mol. The summed E-state index contributed by atoms with van der Waals surface area (Å²) in [5.74, 6) is 1.60. The molecule has 3 heteroatoms. The van der Waals surface area contributed by atoms with Crippen LogP contribution in [-0.4, -0.2) is 22.3 Å². The van der Waals surface area contributed by atoms with E-state index in [0.29, 0.717) is 23.7 Å². The quantitative estimate of drug-likeness (QED) is 0.436. The van der Waals surface area contributed by atoms with E-state index in [4.69, 9.17) is 0 Å². The summed E-state index contributed by atoms with van der Waals surface area (Å²) in [5.41, 5.74) is 0.780. The highest BCUT2D eigenvalue weighted by Crippen LogP contribution is 2.77. The van der Waals surface area contributed by atoms with Crippen LogP contribution in [-0.2, 0) is 4.79 Å². The first kappa shape index (κ1) is 23.9. The van der Waals surface area contributed by atoms with Crippen LogP contribution in [0.2, 0.25) is 0 Å². The number of carboxylic acid groups (broad SMARTS) is 1. The molecule has 33 heavy (non-hydrogen) atoms. The molecule has 5 fully saturated rings. The number of carboxylic acids is 1. The standard InChI is InChI=1S/C30H48O3/c1-18(2)19-10-13-27(5)16-17-30(25(32)33)20(24(19)27)8-9-22-28(6)14-12-23(31)26(3,4)21(28)11-15-29(22,30)7/h19-24,31H,1,8-17H2,2-7H3,(H,32,33)/t19-,20+,21-,22+,23+,24-,27+,28-,29+,30+/m0/s1. The molecule has 186 valence electrons. The third kappa shape index (κ3) is 2.75. The molecular weight excluding hydrogens is 408 g/mol. The average Bonchev–Trinajstić information content (AvgIpc) is 3.08. The monoisotopic (exact) mass is 456 g/mol. The number of aliphatic hydroxyl groups excluding tert-OH is 1. The van der Waals surface area contributed by atoms with E-state index in [1.807, 2.05) is 0 Å². The number of carbonyl (C=O) groups is 1. The van der Waals surface area contributed by atoms with Gasteiger partial charge in [-0.25, -0.2) is 0 Å². The number of hydrogen-bond donors (Lipinski definition) is 2. The summed E-state index contributed by atoms with van der Waals surface area (Å²) in [5, 5.41) is 22.0. The van der Waals surface area contributed by atoms with E-state index in [0.717, 1.165) is 51.4 Å². The van der Waals surface area contributed by atoms with Gasteiger partial charge in [0.05, 0.1) is 11.5 Å². The predicted octanol–water partition coefficient (Wildman–Crippen LogP) is 7.09. The highest BCUT2D eigenvalue weighted by Gasteiger charge is 2.74. The van der Waals surface area contributed by atoms with Gasteiger partial charge in [0.2, 0.25) is 0 Å². The van der Waals surface area contributed by atoms with Crippen LogP contribution >= 0.6 is 0 Å². The molecule has 2 N–H and O–H groups in total. The largest absolute Gasteiger partial charge is 0.481 e. The fourth-order valence-electron chi connectivity index (χ4n) is 11.6. The molecule has 5 saturated carbocycles. The Hall–Kier alpha value is -0.830. The van der Waals surface area contributed by atoms with Crippen LogP contribution in [0.4, 0.5) is 0 Å². The van der Waals surface area contributed by atoms with E-state index in [9.17, 15) is 15.0 Å². The molecule has 3 nitrogen and oxygen atoms in total. The van der Waals surface area contributed by atoms with Crippen LogP contribution in [0.15, 0.2) is 12.2 Å². The van der Waals surface area contributed by atoms with Crippen LogP contribution in [0.1, 0.15) is 106 Å². The molecule has 0 aromatic rings. The smallest absolute Gasteiger partial charge is 0.310 e. The van der Waals surface area contributed by atoms with E-state index in [1.165, 1.54) is 18.4 Å². The van der Waals surface area contributed by atoms with E-state index in [2.05, 4.69) is 48.1 Å². The lowest BCUT2D eigenvalue weighted by molar-refractivity contribution is -0.253. The summed E-state index contributed by atoms with van der Waals surface area (Å²) >= 11 is 0. The lowest BCUT2D eigenvalue weighted by atomic mass is 9.32. The normalized spacial score (nSPS) is 55.0. The Bertz CT molecular complexity index is 861. The first-order valence-electron chi connectivity index (χ1n) is 13.8. The van der Waals surface area contributed by atoms with Gasteiger partial charge in [0.25, 0.3) is 0 Å². The fraction of sp³-hybridized carbons (Fsp3) is 0.900. The third-order valence-corrected chi connectivity index (χ3v) is 13.2. The SMILES string of the molecule is C=C(C)[C@@H]1CC[C@]2(C)CC[C@]3(C(=O)O)[C@H](CC[C@@H]4[C@@]5(C)CC[C@@H](O)C(C)(C)[C@@H]5CC[C@]43C)[C@H]12.